The van der Waals surface area contributed by atoms with Crippen LogP contribution in [-0.2, 0) is 27.3 Å². The van der Waals surface area contributed by atoms with Gasteiger partial charge in [-0.25, -0.2) is 4.98 Å². The zero-order valence-corrected chi connectivity index (χ0v) is 23.7. The van der Waals surface area contributed by atoms with Gasteiger partial charge in [0.2, 0.25) is 17.7 Å². The normalized spacial score (nSPS) is 19.5. The molecule has 0 spiro atoms. The van der Waals surface area contributed by atoms with Gasteiger partial charge in [-0.3, -0.25) is 19.1 Å². The van der Waals surface area contributed by atoms with Gasteiger partial charge in [-0.2, -0.15) is 5.10 Å². The Balaban J connectivity index is 1.17. The highest BCUT2D eigenvalue weighted by atomic mass is 35.5. The molecule has 2 N–H and O–H groups in total. The third-order valence-corrected chi connectivity index (χ3v) is 8.43. The highest BCUT2D eigenvalue weighted by Crippen LogP contribution is 2.43. The fourth-order valence-electron chi connectivity index (χ4n) is 6.30. The van der Waals surface area contributed by atoms with E-state index in [1.54, 1.807) is 27.8 Å². The topological polar surface area (TPSA) is 109 Å². The number of carbonyl (C=O) groups excluding carboxylic acids is 3. The molecule has 3 atom stereocenters. The molecule has 0 radical (unpaired) electrons. The number of anilines is 2. The lowest BCUT2D eigenvalue weighted by molar-refractivity contribution is -0.141. The molecule has 10 heteroatoms. The molecule has 9 nitrogen and oxygen atoms in total. The van der Waals surface area contributed by atoms with E-state index < -0.39 is 6.04 Å². The highest BCUT2D eigenvalue weighted by molar-refractivity contribution is 6.29. The van der Waals surface area contributed by atoms with Gasteiger partial charge in [0.25, 0.3) is 0 Å². The van der Waals surface area contributed by atoms with E-state index >= 15 is 0 Å². The van der Waals surface area contributed by atoms with Crippen molar-refractivity contribution in [3.8, 4) is 0 Å². The first-order chi connectivity index (χ1) is 19.8. The number of nitrogens with zero attached hydrogens (tertiary/aromatic N) is 4. The lowest BCUT2D eigenvalue weighted by atomic mass is 9.97. The zero-order chi connectivity index (χ0) is 28.7. The molecule has 3 amide bonds. The van der Waals surface area contributed by atoms with E-state index in [2.05, 4.69) is 20.7 Å². The van der Waals surface area contributed by atoms with Crippen LogP contribution in [0.1, 0.15) is 36.1 Å². The Bertz CT molecular complexity index is 1670. The van der Waals surface area contributed by atoms with Gasteiger partial charge in [0.1, 0.15) is 23.6 Å². The predicted octanol–water partition coefficient (Wildman–Crippen LogP) is 4.90. The molecule has 1 aliphatic carbocycles. The maximum absolute atomic E-state index is 13.7. The minimum absolute atomic E-state index is 0.0196. The summed E-state index contributed by atoms with van der Waals surface area (Å²) >= 11 is 5.99. The maximum atomic E-state index is 13.7. The first-order valence-corrected chi connectivity index (χ1v) is 14.2. The molecule has 1 saturated carbocycles. The molecule has 2 fully saturated rings. The van der Waals surface area contributed by atoms with Crippen molar-refractivity contribution < 1.29 is 14.4 Å². The molecule has 2 bridgehead atoms. The summed E-state index contributed by atoms with van der Waals surface area (Å²) in [6.45, 7) is 3.89. The summed E-state index contributed by atoms with van der Waals surface area (Å²) in [5, 5.41) is 11.6. The average molecular weight is 571 g/mol. The van der Waals surface area contributed by atoms with E-state index in [-0.39, 0.29) is 42.6 Å². The standard InChI is InChI=1S/C31H31ClN6O3/c1-18-6-3-4-7-20(18)15-28(39)33-22-11-13-25-24(16-22)19(2)36-37(25)17-29(40)38-23-12-10-21(14-23)30(38)31(41)35-27-9-5-8-26(32)34-27/h3-9,11,13,16,21,23,30H,10,12,14-15,17H2,1-2H3,(H,33,39)(H,34,35,41). The number of fused-ring (bicyclic) bond motifs is 3. The second kappa shape index (κ2) is 11.0. The van der Waals surface area contributed by atoms with Crippen LogP contribution in [0.3, 0.4) is 0 Å². The van der Waals surface area contributed by atoms with Crippen LogP contribution in [0.25, 0.3) is 10.9 Å². The number of aryl methyl sites for hydroxylation is 2. The summed E-state index contributed by atoms with van der Waals surface area (Å²) in [5.41, 5.74) is 4.29. The van der Waals surface area contributed by atoms with Crippen LogP contribution in [0.4, 0.5) is 11.5 Å². The zero-order valence-electron chi connectivity index (χ0n) is 22.9. The SMILES string of the molecule is Cc1ccccc1CC(=O)Nc1ccc2c(c1)c(C)nn2CC(=O)N1C2CCC(C2)C1C(=O)Nc1cccc(Cl)n1. The third kappa shape index (κ3) is 5.41. The number of amides is 3. The number of aromatic nitrogens is 3. The van der Waals surface area contributed by atoms with E-state index in [1.165, 1.54) is 0 Å². The lowest BCUT2D eigenvalue weighted by Gasteiger charge is -2.34. The summed E-state index contributed by atoms with van der Waals surface area (Å²) in [5.74, 6) is 0.00260. The summed E-state index contributed by atoms with van der Waals surface area (Å²) < 4.78 is 1.69. The van der Waals surface area contributed by atoms with Gasteiger partial charge in [-0.05, 0) is 80.5 Å². The van der Waals surface area contributed by atoms with Gasteiger partial charge >= 0.3 is 0 Å². The number of piperidine rings is 1. The molecular weight excluding hydrogens is 540 g/mol. The number of hydrogen-bond acceptors (Lipinski definition) is 5. The van der Waals surface area contributed by atoms with Crippen molar-refractivity contribution in [1.82, 2.24) is 19.7 Å². The number of benzene rings is 2. The number of hydrogen-bond donors (Lipinski definition) is 2. The summed E-state index contributed by atoms with van der Waals surface area (Å²) in [4.78, 5) is 45.6. The van der Waals surface area contributed by atoms with Gasteiger partial charge in [-0.15, -0.1) is 0 Å². The van der Waals surface area contributed by atoms with E-state index in [4.69, 9.17) is 11.6 Å². The average Bonchev–Trinajstić information content (AvgIpc) is 3.64. The van der Waals surface area contributed by atoms with Crippen molar-refractivity contribution in [3.63, 3.8) is 0 Å². The van der Waals surface area contributed by atoms with Crippen LogP contribution in [0.5, 0.6) is 0 Å². The van der Waals surface area contributed by atoms with Gasteiger partial charge in [0.15, 0.2) is 0 Å². The molecule has 1 saturated heterocycles. The van der Waals surface area contributed by atoms with Crippen molar-refractivity contribution >= 4 is 51.7 Å². The van der Waals surface area contributed by atoms with Crippen molar-refractivity contribution in [1.29, 1.82) is 0 Å². The largest absolute Gasteiger partial charge is 0.326 e. The molecule has 3 unspecified atom stereocenters. The molecule has 2 aromatic carbocycles. The quantitative estimate of drug-likeness (QED) is 0.307. The van der Waals surface area contributed by atoms with Crippen LogP contribution in [0, 0.1) is 19.8 Å². The second-order valence-electron chi connectivity index (χ2n) is 10.9. The van der Waals surface area contributed by atoms with Crippen LogP contribution in [-0.4, -0.2) is 49.5 Å². The molecule has 210 valence electrons. The number of pyridine rings is 1. The fraction of sp³-hybridized carbons (Fsp3) is 0.323. The van der Waals surface area contributed by atoms with Crippen molar-refractivity contribution in [2.24, 2.45) is 5.92 Å². The Labute approximate surface area is 242 Å². The molecule has 41 heavy (non-hydrogen) atoms. The fourth-order valence-corrected chi connectivity index (χ4v) is 6.46. The van der Waals surface area contributed by atoms with Crippen molar-refractivity contribution in [3.05, 3.63) is 82.6 Å². The minimum atomic E-state index is -0.556. The summed E-state index contributed by atoms with van der Waals surface area (Å²) in [6, 6.07) is 17.9. The predicted molar refractivity (Wildman–Crippen MR) is 158 cm³/mol. The summed E-state index contributed by atoms with van der Waals surface area (Å²) in [6.07, 6.45) is 2.91. The molecule has 1 aliphatic heterocycles. The van der Waals surface area contributed by atoms with E-state index in [1.807, 2.05) is 56.3 Å². The summed E-state index contributed by atoms with van der Waals surface area (Å²) in [7, 11) is 0. The second-order valence-corrected chi connectivity index (χ2v) is 11.3. The first kappa shape index (κ1) is 27.0. The van der Waals surface area contributed by atoms with Crippen LogP contribution in [0.2, 0.25) is 5.15 Å². The Morgan fingerprint density at radius 1 is 1.00 bits per heavy atom. The molecule has 6 rings (SSSR count). The first-order valence-electron chi connectivity index (χ1n) is 13.8. The van der Waals surface area contributed by atoms with Gasteiger partial charge in [-0.1, -0.05) is 41.9 Å². The minimum Gasteiger partial charge on any atom is -0.326 e. The van der Waals surface area contributed by atoms with E-state index in [0.717, 1.165) is 47.0 Å². The smallest absolute Gasteiger partial charge is 0.248 e. The van der Waals surface area contributed by atoms with E-state index in [9.17, 15) is 14.4 Å². The van der Waals surface area contributed by atoms with Crippen LogP contribution < -0.4 is 10.6 Å². The third-order valence-electron chi connectivity index (χ3n) is 8.22. The van der Waals surface area contributed by atoms with Crippen molar-refractivity contribution in [2.75, 3.05) is 10.6 Å². The number of carbonyl (C=O) groups is 3. The monoisotopic (exact) mass is 570 g/mol. The van der Waals surface area contributed by atoms with Gasteiger partial charge < -0.3 is 15.5 Å². The Morgan fingerprint density at radius 3 is 2.63 bits per heavy atom. The van der Waals surface area contributed by atoms with Crippen LogP contribution in [0.15, 0.2) is 60.7 Å². The van der Waals surface area contributed by atoms with Gasteiger partial charge in [0.05, 0.1) is 17.6 Å². The molecule has 2 aromatic heterocycles. The molecule has 3 heterocycles. The van der Waals surface area contributed by atoms with Crippen LogP contribution >= 0.6 is 11.6 Å². The Hall–Kier alpha value is -4.24. The molecule has 2 aliphatic rings. The van der Waals surface area contributed by atoms with Gasteiger partial charge in [0, 0.05) is 17.1 Å². The number of halogens is 1. The molecule has 4 aromatic rings. The van der Waals surface area contributed by atoms with E-state index in [0.29, 0.717) is 16.7 Å². The highest BCUT2D eigenvalue weighted by Gasteiger charge is 2.51. The maximum Gasteiger partial charge on any atom is 0.248 e. The Morgan fingerprint density at radius 2 is 1.83 bits per heavy atom. The number of likely N-dealkylation sites (tertiary alicyclic amines) is 1. The lowest BCUT2D eigenvalue weighted by Crippen LogP contribution is -2.52. The molecular formula is C31H31ClN6O3. The number of rotatable bonds is 7. The number of nitrogens with one attached hydrogen (secondary N) is 2. The Kier molecular flexibility index (Phi) is 7.21. The van der Waals surface area contributed by atoms with Crippen molar-refractivity contribution in [2.45, 2.75) is 58.2 Å².